The third-order valence-corrected chi connectivity index (χ3v) is 10.8. The molecule has 0 amide bonds. The maximum Gasteiger partial charge on any atom is 0.147 e. The molecular weight excluding hydrogens is 466 g/mol. The van der Waals surface area contributed by atoms with E-state index in [1.54, 1.807) is 7.11 Å². The summed E-state index contributed by atoms with van der Waals surface area (Å²) in [6, 6.07) is 33.6. The van der Waals surface area contributed by atoms with Gasteiger partial charge in [-0.05, 0) is 43.3 Å². The summed E-state index contributed by atoms with van der Waals surface area (Å²) < 4.78 is 5.53. The van der Waals surface area contributed by atoms with E-state index in [2.05, 4.69) is 72.8 Å². The van der Waals surface area contributed by atoms with Crippen molar-refractivity contribution < 1.29 is 17.1 Å². The van der Waals surface area contributed by atoms with Crippen LogP contribution in [0.15, 0.2) is 97.1 Å². The zero-order chi connectivity index (χ0) is 21.1. The molecule has 0 N–H and O–H groups in total. The van der Waals surface area contributed by atoms with E-state index in [9.17, 15) is 0 Å². The number of ether oxygens (including phenoxy) is 1. The number of hydrogen-bond acceptors (Lipinski definition) is 1. The molecular formula is C26H22Cl3OP. The van der Waals surface area contributed by atoms with Gasteiger partial charge < -0.3 is 17.1 Å². The summed E-state index contributed by atoms with van der Waals surface area (Å²) in [4.78, 5) is 0. The summed E-state index contributed by atoms with van der Waals surface area (Å²) in [5, 5.41) is 5.85. The first-order valence-electron chi connectivity index (χ1n) is 9.69. The predicted molar refractivity (Wildman–Crippen MR) is 133 cm³/mol. The minimum Gasteiger partial charge on any atom is -1.00 e. The molecule has 4 aromatic rings. The molecule has 0 aromatic heterocycles. The maximum absolute atomic E-state index is 7.08. The topological polar surface area (TPSA) is 9.23 Å². The van der Waals surface area contributed by atoms with Gasteiger partial charge in [0.05, 0.1) is 17.2 Å². The van der Waals surface area contributed by atoms with Gasteiger partial charge >= 0.3 is 0 Å². The second-order valence-electron chi connectivity index (χ2n) is 7.03. The van der Waals surface area contributed by atoms with Crippen molar-refractivity contribution in [1.82, 2.24) is 0 Å². The molecule has 0 aliphatic rings. The van der Waals surface area contributed by atoms with Gasteiger partial charge in [0.15, 0.2) is 0 Å². The summed E-state index contributed by atoms with van der Waals surface area (Å²) in [7, 11) is -0.716. The molecule has 0 saturated carbocycles. The SMILES string of the molecule is COc1cc(Cl)c([P+](c2ccccc2)(c2ccccc2)c2ccccc2)c(Cl)c1C.[Cl-]. The van der Waals surface area contributed by atoms with Crippen molar-refractivity contribution in [2.24, 2.45) is 0 Å². The monoisotopic (exact) mass is 486 g/mol. The zero-order valence-electron chi connectivity index (χ0n) is 17.2. The van der Waals surface area contributed by atoms with Crippen molar-refractivity contribution in [2.45, 2.75) is 6.92 Å². The number of hydrogen-bond donors (Lipinski definition) is 0. The van der Waals surface area contributed by atoms with E-state index in [0.717, 1.165) is 10.9 Å². The van der Waals surface area contributed by atoms with E-state index in [1.165, 1.54) is 15.9 Å². The van der Waals surface area contributed by atoms with Crippen LogP contribution in [0.25, 0.3) is 0 Å². The van der Waals surface area contributed by atoms with Gasteiger partial charge in [0.25, 0.3) is 0 Å². The van der Waals surface area contributed by atoms with Crippen LogP contribution in [0.2, 0.25) is 10.0 Å². The van der Waals surface area contributed by atoms with Gasteiger partial charge in [-0.2, -0.15) is 0 Å². The van der Waals surface area contributed by atoms with Crippen molar-refractivity contribution in [3.05, 3.63) is 113 Å². The Balaban J connectivity index is 0.00000272. The first kappa shape index (κ1) is 23.6. The molecule has 0 atom stereocenters. The fourth-order valence-corrected chi connectivity index (χ4v) is 9.56. The van der Waals surface area contributed by atoms with Gasteiger partial charge in [-0.25, -0.2) is 0 Å². The van der Waals surface area contributed by atoms with Crippen molar-refractivity contribution in [1.29, 1.82) is 0 Å². The molecule has 4 rings (SSSR count). The van der Waals surface area contributed by atoms with Crippen LogP contribution >= 0.6 is 30.5 Å². The Labute approximate surface area is 200 Å². The highest BCUT2D eigenvalue weighted by Crippen LogP contribution is 2.58. The molecule has 0 spiro atoms. The number of methoxy groups -OCH3 is 1. The number of halogens is 3. The lowest BCUT2D eigenvalue weighted by atomic mass is 10.2. The summed E-state index contributed by atoms with van der Waals surface area (Å²) in [6.07, 6.45) is 0. The molecule has 31 heavy (non-hydrogen) atoms. The third kappa shape index (κ3) is 4.09. The Bertz CT molecular complexity index is 1050. The minimum absolute atomic E-state index is 0. The van der Waals surface area contributed by atoms with Crippen molar-refractivity contribution in [3.63, 3.8) is 0 Å². The lowest BCUT2D eigenvalue weighted by molar-refractivity contribution is -0.00000593. The molecule has 5 heteroatoms. The largest absolute Gasteiger partial charge is 1.00 e. The molecule has 0 heterocycles. The van der Waals surface area contributed by atoms with E-state index >= 15 is 0 Å². The van der Waals surface area contributed by atoms with Gasteiger partial charge in [0.2, 0.25) is 0 Å². The molecule has 0 saturated heterocycles. The quantitative estimate of drug-likeness (QED) is 0.393. The van der Waals surface area contributed by atoms with Crippen LogP contribution in [0.4, 0.5) is 0 Å². The van der Waals surface area contributed by atoms with Crippen molar-refractivity contribution in [3.8, 4) is 5.75 Å². The highest BCUT2D eigenvalue weighted by Gasteiger charge is 2.51. The highest BCUT2D eigenvalue weighted by atomic mass is 35.5. The number of rotatable bonds is 5. The number of benzene rings is 4. The molecule has 4 aromatic carbocycles. The Kier molecular flexibility index (Phi) is 7.68. The fraction of sp³-hybridized carbons (Fsp3) is 0.0769. The lowest BCUT2D eigenvalue weighted by Gasteiger charge is -2.29. The molecule has 0 unspecified atom stereocenters. The maximum atomic E-state index is 7.08. The second-order valence-corrected chi connectivity index (χ2v) is 11.1. The normalized spacial score (nSPS) is 11.0. The average molecular weight is 488 g/mol. The first-order valence-corrected chi connectivity index (χ1v) is 12.2. The van der Waals surface area contributed by atoms with E-state index < -0.39 is 7.26 Å². The van der Waals surface area contributed by atoms with Gasteiger partial charge in [-0.15, -0.1) is 0 Å². The van der Waals surface area contributed by atoms with Crippen LogP contribution in [0.1, 0.15) is 5.56 Å². The van der Waals surface area contributed by atoms with Gasteiger partial charge in [-0.3, -0.25) is 0 Å². The molecule has 0 bridgehead atoms. The summed E-state index contributed by atoms with van der Waals surface area (Å²) >= 11 is 14.1. The fourth-order valence-electron chi connectivity index (χ4n) is 3.99. The zero-order valence-corrected chi connectivity index (χ0v) is 20.4. The van der Waals surface area contributed by atoms with Crippen LogP contribution in [-0.4, -0.2) is 7.11 Å². The molecule has 0 aliphatic heterocycles. The van der Waals surface area contributed by atoms with Crippen LogP contribution in [0, 0.1) is 6.92 Å². The lowest BCUT2D eigenvalue weighted by Crippen LogP contribution is -3.00. The third-order valence-electron chi connectivity index (χ3n) is 5.38. The molecule has 0 radical (unpaired) electrons. The van der Waals surface area contributed by atoms with Crippen molar-refractivity contribution in [2.75, 3.05) is 7.11 Å². The standard InChI is InChI=1S/C26H22Cl2OP.ClH/c1-19-24(29-2)18-23(27)26(25(19)28)30(20-12-6-3-7-13-20,21-14-8-4-9-15-21)22-16-10-5-11-17-22;/h3-18H,1-2H3;1H/q+1;/p-1. The van der Waals surface area contributed by atoms with Crippen molar-refractivity contribution >= 4 is 51.7 Å². The average Bonchev–Trinajstić information content (AvgIpc) is 2.81. The highest BCUT2D eigenvalue weighted by molar-refractivity contribution is 8.01. The van der Waals surface area contributed by atoms with E-state index in [1.807, 2.05) is 31.2 Å². The molecule has 1 nitrogen and oxygen atoms in total. The van der Waals surface area contributed by atoms with Crippen LogP contribution < -0.4 is 38.4 Å². The predicted octanol–water partition coefficient (Wildman–Crippen LogP) is 2.93. The smallest absolute Gasteiger partial charge is 0.147 e. The Morgan fingerprint density at radius 1 is 0.677 bits per heavy atom. The summed E-state index contributed by atoms with van der Waals surface area (Å²) in [5.74, 6) is 0.695. The van der Waals surface area contributed by atoms with Gasteiger partial charge in [-0.1, -0.05) is 77.8 Å². The van der Waals surface area contributed by atoms with Crippen LogP contribution in [0.5, 0.6) is 5.75 Å². The Hall–Kier alpha value is -2.02. The second kappa shape index (κ2) is 10.1. The van der Waals surface area contributed by atoms with E-state index in [0.29, 0.717) is 15.8 Å². The van der Waals surface area contributed by atoms with Gasteiger partial charge in [0.1, 0.15) is 34.2 Å². The van der Waals surface area contributed by atoms with E-state index in [4.69, 9.17) is 27.9 Å². The van der Waals surface area contributed by atoms with Crippen LogP contribution in [-0.2, 0) is 0 Å². The molecule has 158 valence electrons. The minimum atomic E-state index is -2.36. The Morgan fingerprint density at radius 2 is 1.06 bits per heavy atom. The van der Waals surface area contributed by atoms with E-state index in [-0.39, 0.29) is 12.4 Å². The molecule has 0 fully saturated rings. The first-order chi connectivity index (χ1) is 14.6. The summed E-state index contributed by atoms with van der Waals surface area (Å²) in [6.45, 7) is 1.98. The Morgan fingerprint density at radius 3 is 1.42 bits per heavy atom. The molecule has 0 aliphatic carbocycles. The summed E-state index contributed by atoms with van der Waals surface area (Å²) in [5.41, 5.74) is 0.894. The van der Waals surface area contributed by atoms with Crippen LogP contribution in [0.3, 0.4) is 0 Å². The van der Waals surface area contributed by atoms with Gasteiger partial charge in [0, 0.05) is 11.6 Å².